The highest BCUT2D eigenvalue weighted by Gasteiger charge is 2.42. The Labute approximate surface area is 97.0 Å². The van der Waals surface area contributed by atoms with Crippen molar-refractivity contribution in [2.45, 2.75) is 31.3 Å². The van der Waals surface area contributed by atoms with E-state index in [1.165, 1.54) is 0 Å². The molecule has 0 atom stereocenters. The van der Waals surface area contributed by atoms with Gasteiger partial charge in [0.2, 0.25) is 0 Å². The number of hydrogen-bond acceptors (Lipinski definition) is 2. The first-order chi connectivity index (χ1) is 8.01. The van der Waals surface area contributed by atoms with Crippen LogP contribution in [0.2, 0.25) is 0 Å². The monoisotopic (exact) mass is 242 g/mol. The summed E-state index contributed by atoms with van der Waals surface area (Å²) in [4.78, 5) is 10.7. The lowest BCUT2D eigenvalue weighted by atomic mass is 9.77. The standard InChI is InChI=1S/C12H12F2O3/c13-8-2-3-9(14)10(6-8)17-12(4-1-5-12)7-11(15)16/h2-3,6H,1,4-5,7H2,(H,15,16). The first-order valence-electron chi connectivity index (χ1n) is 5.37. The van der Waals surface area contributed by atoms with Crippen LogP contribution in [0.3, 0.4) is 0 Å². The third-order valence-corrected chi connectivity index (χ3v) is 2.96. The molecule has 1 aliphatic rings. The minimum Gasteiger partial charge on any atom is -0.483 e. The van der Waals surface area contributed by atoms with Crippen molar-refractivity contribution in [3.05, 3.63) is 29.8 Å². The normalized spacial score (nSPS) is 17.3. The Balaban J connectivity index is 2.18. The third kappa shape index (κ3) is 2.54. The first-order valence-corrected chi connectivity index (χ1v) is 5.37. The lowest BCUT2D eigenvalue weighted by Gasteiger charge is -2.40. The van der Waals surface area contributed by atoms with Crippen molar-refractivity contribution in [2.75, 3.05) is 0 Å². The Morgan fingerprint density at radius 2 is 2.12 bits per heavy atom. The van der Waals surface area contributed by atoms with E-state index < -0.39 is 23.2 Å². The number of halogens is 2. The van der Waals surface area contributed by atoms with Crippen molar-refractivity contribution in [3.63, 3.8) is 0 Å². The molecule has 5 heteroatoms. The highest BCUT2D eigenvalue weighted by atomic mass is 19.1. The molecule has 0 spiro atoms. The number of carboxylic acids is 1. The summed E-state index contributed by atoms with van der Waals surface area (Å²) in [5, 5.41) is 8.77. The number of carboxylic acid groups (broad SMARTS) is 1. The van der Waals surface area contributed by atoms with E-state index in [0.717, 1.165) is 24.6 Å². The van der Waals surface area contributed by atoms with Gasteiger partial charge in [-0.15, -0.1) is 0 Å². The summed E-state index contributed by atoms with van der Waals surface area (Å²) < 4.78 is 31.7. The zero-order valence-corrected chi connectivity index (χ0v) is 9.08. The summed E-state index contributed by atoms with van der Waals surface area (Å²) in [7, 11) is 0. The smallest absolute Gasteiger partial charge is 0.307 e. The van der Waals surface area contributed by atoms with Crippen molar-refractivity contribution in [3.8, 4) is 5.75 Å². The first kappa shape index (κ1) is 11.8. The third-order valence-electron chi connectivity index (χ3n) is 2.96. The fraction of sp³-hybridized carbons (Fsp3) is 0.417. The van der Waals surface area contributed by atoms with Crippen molar-refractivity contribution in [1.29, 1.82) is 0 Å². The van der Waals surface area contributed by atoms with Crippen LogP contribution in [0, 0.1) is 11.6 Å². The lowest BCUT2D eigenvalue weighted by molar-refractivity contribution is -0.144. The summed E-state index contributed by atoms with van der Waals surface area (Å²) in [6.45, 7) is 0. The maximum Gasteiger partial charge on any atom is 0.307 e. The van der Waals surface area contributed by atoms with Gasteiger partial charge in [-0.3, -0.25) is 4.79 Å². The van der Waals surface area contributed by atoms with E-state index in [-0.39, 0.29) is 12.2 Å². The number of ether oxygens (including phenoxy) is 1. The second-order valence-corrected chi connectivity index (χ2v) is 4.28. The fourth-order valence-electron chi connectivity index (χ4n) is 1.95. The number of benzene rings is 1. The Hall–Kier alpha value is -1.65. The molecule has 0 amide bonds. The molecule has 1 aromatic rings. The molecule has 0 aliphatic heterocycles. The Morgan fingerprint density at radius 3 is 2.65 bits per heavy atom. The molecule has 0 saturated heterocycles. The van der Waals surface area contributed by atoms with Gasteiger partial charge in [-0.1, -0.05) is 0 Å². The van der Waals surface area contributed by atoms with Gasteiger partial charge in [0.15, 0.2) is 11.6 Å². The SMILES string of the molecule is O=C(O)CC1(Oc2cc(F)ccc2F)CCC1. The maximum absolute atomic E-state index is 13.4. The van der Waals surface area contributed by atoms with Gasteiger partial charge in [-0.05, 0) is 31.4 Å². The number of hydrogen-bond donors (Lipinski definition) is 1. The molecule has 0 heterocycles. The molecule has 0 bridgehead atoms. The molecule has 1 aliphatic carbocycles. The van der Waals surface area contributed by atoms with Crippen LogP contribution in [-0.4, -0.2) is 16.7 Å². The summed E-state index contributed by atoms with van der Waals surface area (Å²) >= 11 is 0. The second-order valence-electron chi connectivity index (χ2n) is 4.28. The minimum absolute atomic E-state index is 0.192. The maximum atomic E-state index is 13.4. The van der Waals surface area contributed by atoms with E-state index in [4.69, 9.17) is 9.84 Å². The molecule has 3 nitrogen and oxygen atoms in total. The minimum atomic E-state index is -0.999. The summed E-state index contributed by atoms with van der Waals surface area (Å²) in [6, 6.07) is 2.90. The van der Waals surface area contributed by atoms with Crippen LogP contribution < -0.4 is 4.74 Å². The van der Waals surface area contributed by atoms with Gasteiger partial charge in [0.1, 0.15) is 11.4 Å². The molecule has 0 aromatic heterocycles. The zero-order valence-electron chi connectivity index (χ0n) is 9.08. The summed E-state index contributed by atoms with van der Waals surface area (Å²) in [5.41, 5.74) is -0.875. The van der Waals surface area contributed by atoms with Gasteiger partial charge in [0, 0.05) is 6.07 Å². The largest absolute Gasteiger partial charge is 0.483 e. The van der Waals surface area contributed by atoms with Crippen molar-refractivity contribution >= 4 is 5.97 Å². The lowest BCUT2D eigenvalue weighted by Crippen LogP contribution is -2.45. The van der Waals surface area contributed by atoms with E-state index in [1.807, 2.05) is 0 Å². The quantitative estimate of drug-likeness (QED) is 0.883. The molecular formula is C12H12F2O3. The summed E-state index contributed by atoms with van der Waals surface area (Å²) in [5.74, 6) is -2.50. The van der Waals surface area contributed by atoms with Crippen LogP contribution in [0.5, 0.6) is 5.75 Å². The molecule has 1 N–H and O–H groups in total. The predicted molar refractivity (Wildman–Crippen MR) is 55.8 cm³/mol. The van der Waals surface area contributed by atoms with Crippen LogP contribution in [0.15, 0.2) is 18.2 Å². The molecule has 17 heavy (non-hydrogen) atoms. The van der Waals surface area contributed by atoms with Gasteiger partial charge >= 0.3 is 5.97 Å². The molecule has 1 saturated carbocycles. The molecular weight excluding hydrogens is 230 g/mol. The van der Waals surface area contributed by atoms with E-state index >= 15 is 0 Å². The second kappa shape index (κ2) is 4.31. The van der Waals surface area contributed by atoms with E-state index in [2.05, 4.69) is 0 Å². The highest BCUT2D eigenvalue weighted by molar-refractivity contribution is 5.68. The van der Waals surface area contributed by atoms with Gasteiger partial charge in [-0.2, -0.15) is 0 Å². The average Bonchev–Trinajstić information content (AvgIpc) is 2.19. The van der Waals surface area contributed by atoms with Gasteiger partial charge in [0.05, 0.1) is 6.42 Å². The molecule has 0 radical (unpaired) electrons. The molecule has 1 fully saturated rings. The Kier molecular flexibility index (Phi) is 3.00. The number of aliphatic carboxylic acids is 1. The Morgan fingerprint density at radius 1 is 1.41 bits per heavy atom. The van der Waals surface area contributed by atoms with E-state index in [9.17, 15) is 13.6 Å². The Bertz CT molecular complexity index is 441. The van der Waals surface area contributed by atoms with Crippen LogP contribution in [-0.2, 0) is 4.79 Å². The zero-order chi connectivity index (χ0) is 12.5. The highest BCUT2D eigenvalue weighted by Crippen LogP contribution is 2.40. The van der Waals surface area contributed by atoms with Crippen molar-refractivity contribution in [2.24, 2.45) is 0 Å². The summed E-state index contributed by atoms with van der Waals surface area (Å²) in [6.07, 6.45) is 1.75. The van der Waals surface area contributed by atoms with Gasteiger partial charge in [-0.25, -0.2) is 8.78 Å². The number of rotatable bonds is 4. The molecule has 92 valence electrons. The van der Waals surface area contributed by atoms with E-state index in [0.29, 0.717) is 12.8 Å². The predicted octanol–water partition coefficient (Wildman–Crippen LogP) is 2.74. The van der Waals surface area contributed by atoms with Crippen molar-refractivity contribution < 1.29 is 23.4 Å². The molecule has 1 aromatic carbocycles. The van der Waals surface area contributed by atoms with Crippen LogP contribution >= 0.6 is 0 Å². The molecule has 2 rings (SSSR count). The van der Waals surface area contributed by atoms with Gasteiger partial charge < -0.3 is 9.84 Å². The van der Waals surface area contributed by atoms with E-state index in [1.54, 1.807) is 0 Å². The van der Waals surface area contributed by atoms with Crippen LogP contribution in [0.25, 0.3) is 0 Å². The average molecular weight is 242 g/mol. The number of carbonyl (C=O) groups is 1. The van der Waals surface area contributed by atoms with Crippen LogP contribution in [0.4, 0.5) is 8.78 Å². The van der Waals surface area contributed by atoms with Gasteiger partial charge in [0.25, 0.3) is 0 Å². The van der Waals surface area contributed by atoms with Crippen LogP contribution in [0.1, 0.15) is 25.7 Å². The fourth-order valence-corrected chi connectivity index (χ4v) is 1.95. The van der Waals surface area contributed by atoms with Crippen molar-refractivity contribution in [1.82, 2.24) is 0 Å². The topological polar surface area (TPSA) is 46.5 Å². The molecule has 0 unspecified atom stereocenters.